The highest BCUT2D eigenvalue weighted by molar-refractivity contribution is 7.47. The number of amides is 1. The van der Waals surface area contributed by atoms with Gasteiger partial charge in [0.25, 0.3) is 0 Å². The Bertz CT molecular complexity index is 1860. The molecule has 0 heterocycles. The van der Waals surface area contributed by atoms with Crippen LogP contribution in [0.3, 0.4) is 0 Å². The first-order valence-electron chi connectivity index (χ1n) is 31.2. The van der Waals surface area contributed by atoms with Crippen molar-refractivity contribution in [3.05, 3.63) is 146 Å². The van der Waals surface area contributed by atoms with Crippen molar-refractivity contribution in [3.63, 3.8) is 0 Å². The third kappa shape index (κ3) is 58.4. The van der Waals surface area contributed by atoms with Gasteiger partial charge in [0.1, 0.15) is 19.3 Å². The lowest BCUT2D eigenvalue weighted by Gasteiger charge is -2.27. The average Bonchev–Trinajstić information content (AvgIpc) is 3.41. The number of hydrogen-bond donors (Lipinski definition) is 2. The van der Waals surface area contributed by atoms with Gasteiger partial charge in [-0.25, -0.2) is 4.57 Å². The van der Waals surface area contributed by atoms with Gasteiger partial charge in [-0.1, -0.05) is 244 Å². The van der Waals surface area contributed by atoms with Crippen LogP contribution in [0.4, 0.5) is 0 Å². The SMILES string of the molecule is CC/C=C\C/C=C\C/C=C\C/C=C\C/C=C\C/C=C\CCC(=O)OC(/C=C/CCCCCCCCCCCCC)C(COP(=O)(O)OCC[N+](C)(C)C)NC(=O)CCCCCCC/C=C\C/C=C\C/C=C\C/C=C\C/C=C\CC. The maximum atomic E-state index is 13.6. The van der Waals surface area contributed by atoms with Crippen LogP contribution in [0.15, 0.2) is 146 Å². The summed E-state index contributed by atoms with van der Waals surface area (Å²) in [6.45, 7) is 6.70. The van der Waals surface area contributed by atoms with Crippen LogP contribution < -0.4 is 5.32 Å². The summed E-state index contributed by atoms with van der Waals surface area (Å²) >= 11 is 0. The Morgan fingerprint density at radius 2 is 0.823 bits per heavy atom. The Balaban J connectivity index is 5.45. The predicted octanol–water partition coefficient (Wildman–Crippen LogP) is 19.4. The number of likely N-dealkylation sites (N-methyl/N-ethyl adjacent to an activating group) is 1. The fourth-order valence-electron chi connectivity index (χ4n) is 8.05. The number of phosphoric acid groups is 1. The number of rotatable bonds is 54. The number of nitrogens with one attached hydrogen (secondary N) is 1. The van der Waals surface area contributed by atoms with Gasteiger partial charge in [-0.15, -0.1) is 0 Å². The van der Waals surface area contributed by atoms with Gasteiger partial charge in [-0.2, -0.15) is 0 Å². The van der Waals surface area contributed by atoms with Crippen LogP contribution in [0.5, 0.6) is 0 Å². The summed E-state index contributed by atoms with van der Waals surface area (Å²) in [6.07, 6.45) is 82.9. The van der Waals surface area contributed by atoms with E-state index >= 15 is 0 Å². The summed E-state index contributed by atoms with van der Waals surface area (Å²) in [5, 5.41) is 3.02. The quantitative estimate of drug-likeness (QED) is 0.0205. The number of hydrogen-bond acceptors (Lipinski definition) is 6. The molecular formula is C69H116N2O7P+. The second-order valence-corrected chi connectivity index (χ2v) is 22.9. The molecule has 79 heavy (non-hydrogen) atoms. The molecular weight excluding hydrogens is 1000 g/mol. The van der Waals surface area contributed by atoms with Gasteiger partial charge in [0.2, 0.25) is 5.91 Å². The highest BCUT2D eigenvalue weighted by atomic mass is 31.2. The van der Waals surface area contributed by atoms with E-state index in [9.17, 15) is 19.0 Å². The van der Waals surface area contributed by atoms with Crippen LogP contribution in [-0.2, 0) is 27.9 Å². The lowest BCUT2D eigenvalue weighted by molar-refractivity contribution is -0.870. The van der Waals surface area contributed by atoms with Crippen LogP contribution in [-0.4, -0.2) is 74.3 Å². The maximum Gasteiger partial charge on any atom is 0.472 e. The molecule has 0 aliphatic rings. The molecule has 9 nitrogen and oxygen atoms in total. The highest BCUT2D eigenvalue weighted by Gasteiger charge is 2.30. The van der Waals surface area contributed by atoms with Gasteiger partial charge < -0.3 is 19.4 Å². The molecule has 0 aliphatic heterocycles. The van der Waals surface area contributed by atoms with Crippen molar-refractivity contribution >= 4 is 19.7 Å². The Hall–Kier alpha value is -4.11. The summed E-state index contributed by atoms with van der Waals surface area (Å²) < 4.78 is 30.6. The largest absolute Gasteiger partial charge is 0.472 e. The zero-order chi connectivity index (χ0) is 57.9. The first-order chi connectivity index (χ1) is 38.4. The van der Waals surface area contributed by atoms with Gasteiger partial charge in [0.15, 0.2) is 0 Å². The molecule has 1 amide bonds. The van der Waals surface area contributed by atoms with Crippen molar-refractivity contribution in [2.75, 3.05) is 40.9 Å². The van der Waals surface area contributed by atoms with E-state index < -0.39 is 25.9 Å². The first-order valence-corrected chi connectivity index (χ1v) is 32.7. The number of esters is 1. The number of carbonyl (C=O) groups is 2. The zero-order valence-electron chi connectivity index (χ0n) is 51.1. The minimum absolute atomic E-state index is 0.0164. The van der Waals surface area contributed by atoms with Gasteiger partial charge in [-0.3, -0.25) is 18.6 Å². The third-order valence-electron chi connectivity index (χ3n) is 12.8. The fourth-order valence-corrected chi connectivity index (χ4v) is 8.79. The molecule has 0 rings (SSSR count). The topological polar surface area (TPSA) is 111 Å². The van der Waals surface area contributed by atoms with E-state index in [-0.39, 0.29) is 32.0 Å². The van der Waals surface area contributed by atoms with Gasteiger partial charge in [0, 0.05) is 12.8 Å². The van der Waals surface area contributed by atoms with E-state index in [2.05, 4.69) is 148 Å². The van der Waals surface area contributed by atoms with Crippen LogP contribution in [0, 0.1) is 0 Å². The molecule has 448 valence electrons. The molecule has 0 aromatic rings. The molecule has 0 saturated carbocycles. The molecule has 0 spiro atoms. The lowest BCUT2D eigenvalue weighted by Crippen LogP contribution is -2.47. The van der Waals surface area contributed by atoms with Gasteiger partial charge >= 0.3 is 13.8 Å². The molecule has 3 atom stereocenters. The number of unbranched alkanes of at least 4 members (excludes halogenated alkanes) is 16. The Kier molecular flexibility index (Phi) is 54.2. The van der Waals surface area contributed by atoms with Crippen LogP contribution in [0.25, 0.3) is 0 Å². The molecule has 0 radical (unpaired) electrons. The molecule has 2 N–H and O–H groups in total. The van der Waals surface area contributed by atoms with E-state index in [0.717, 1.165) is 122 Å². The maximum absolute atomic E-state index is 13.6. The van der Waals surface area contributed by atoms with E-state index in [1.54, 1.807) is 0 Å². The van der Waals surface area contributed by atoms with Gasteiger partial charge in [0.05, 0.1) is 33.8 Å². The van der Waals surface area contributed by atoms with E-state index in [0.29, 0.717) is 23.9 Å². The number of allylic oxidation sites excluding steroid dienone is 23. The summed E-state index contributed by atoms with van der Waals surface area (Å²) in [7, 11) is 1.42. The lowest BCUT2D eigenvalue weighted by atomic mass is 10.0. The Morgan fingerprint density at radius 1 is 0.456 bits per heavy atom. The summed E-state index contributed by atoms with van der Waals surface area (Å²) in [4.78, 5) is 37.7. The first kappa shape index (κ1) is 74.9. The van der Waals surface area contributed by atoms with Crippen molar-refractivity contribution in [2.24, 2.45) is 0 Å². The Morgan fingerprint density at radius 3 is 1.24 bits per heavy atom. The number of nitrogens with zero attached hydrogens (tertiary/aromatic N) is 1. The molecule has 0 aromatic heterocycles. The third-order valence-corrected chi connectivity index (χ3v) is 13.8. The number of carbonyl (C=O) groups excluding carboxylic acids is 2. The highest BCUT2D eigenvalue weighted by Crippen LogP contribution is 2.43. The van der Waals surface area contributed by atoms with Crippen LogP contribution in [0.2, 0.25) is 0 Å². The Labute approximate surface area is 485 Å². The van der Waals surface area contributed by atoms with Crippen molar-refractivity contribution in [2.45, 2.75) is 238 Å². The van der Waals surface area contributed by atoms with Gasteiger partial charge in [-0.05, 0) is 115 Å². The molecule has 10 heteroatoms. The van der Waals surface area contributed by atoms with Crippen molar-refractivity contribution in [1.29, 1.82) is 0 Å². The minimum atomic E-state index is -4.48. The number of quaternary nitrogens is 1. The summed E-state index contributed by atoms with van der Waals surface area (Å²) in [5.41, 5.74) is 0. The molecule has 0 aromatic carbocycles. The fraction of sp³-hybridized carbons (Fsp3) is 0.623. The van der Waals surface area contributed by atoms with Crippen LogP contribution >= 0.6 is 7.82 Å². The van der Waals surface area contributed by atoms with E-state index in [1.165, 1.54) is 57.8 Å². The molecule has 3 unspecified atom stereocenters. The standard InChI is InChI=1S/C69H115N2O7P/c1-7-10-13-16-19-22-25-28-30-32-34-35-37-38-40-43-46-49-52-55-58-61-68(72)70-66(65-77-79(74,75)76-64-63-71(4,5)6)67(60-57-54-51-48-45-42-27-24-21-18-15-12-9-3)78-69(73)62-59-56-53-50-47-44-41-39-36-33-31-29-26-23-20-17-14-11-8-2/h10-11,13-14,19-20,22-23,28-31,34-36,38-40,44,47,53,56-57,60,66-67H,7-9,12,15-18,21,24-27,32-33,37,41-43,45-46,48-52,54-55,58-59,61-65H2,1-6H3,(H-,70,72,74,75)/p+1/b13-10-,14-11-,22-19-,23-20-,30-28-,31-29-,35-34-,39-36-,40-38-,47-44-,56-53-,60-57+. The van der Waals surface area contributed by atoms with Crippen LogP contribution in [0.1, 0.15) is 226 Å². The van der Waals surface area contributed by atoms with Crippen molar-refractivity contribution < 1.29 is 37.3 Å². The molecule has 0 aliphatic carbocycles. The summed E-state index contributed by atoms with van der Waals surface area (Å²) in [6, 6.07) is -0.901. The second-order valence-electron chi connectivity index (χ2n) is 21.5. The van der Waals surface area contributed by atoms with Crippen molar-refractivity contribution in [3.8, 4) is 0 Å². The monoisotopic (exact) mass is 1120 g/mol. The smallest absolute Gasteiger partial charge is 0.456 e. The molecule has 0 bridgehead atoms. The summed E-state index contributed by atoms with van der Waals surface area (Å²) in [5.74, 6) is -0.636. The zero-order valence-corrected chi connectivity index (χ0v) is 51.9. The van der Waals surface area contributed by atoms with E-state index in [4.69, 9.17) is 13.8 Å². The predicted molar refractivity (Wildman–Crippen MR) is 341 cm³/mol. The second kappa shape index (κ2) is 57.1. The normalized spacial score (nSPS) is 14.7. The minimum Gasteiger partial charge on any atom is -0.456 e. The molecule has 0 saturated heterocycles. The van der Waals surface area contributed by atoms with Crippen molar-refractivity contribution in [1.82, 2.24) is 5.32 Å². The van der Waals surface area contributed by atoms with E-state index in [1.807, 2.05) is 45.4 Å². The molecule has 0 fully saturated rings. The number of ether oxygens (including phenoxy) is 1. The average molecular weight is 1120 g/mol. The number of phosphoric ester groups is 1.